The second kappa shape index (κ2) is 11.3. The van der Waals surface area contributed by atoms with Gasteiger partial charge in [-0.05, 0) is 84.6 Å². The summed E-state index contributed by atoms with van der Waals surface area (Å²) < 4.78 is 52.5. The van der Waals surface area contributed by atoms with Crippen molar-refractivity contribution in [3.05, 3.63) is 59.4 Å². The Labute approximate surface area is 202 Å². The van der Waals surface area contributed by atoms with Gasteiger partial charge >= 0.3 is 6.18 Å². The number of halogens is 4. The average molecular weight is 475 g/mol. The summed E-state index contributed by atoms with van der Waals surface area (Å²) >= 11 is 0. The number of benzene rings is 2. The molecule has 2 aliphatic rings. The molecule has 2 aromatic rings. The predicted octanol–water partition coefficient (Wildman–Crippen LogP) is 10.2. The third-order valence-corrected chi connectivity index (χ3v) is 8.43. The Morgan fingerprint density at radius 1 is 0.765 bits per heavy atom. The molecule has 0 spiro atoms. The van der Waals surface area contributed by atoms with Crippen LogP contribution in [0.4, 0.5) is 17.6 Å². The van der Waals surface area contributed by atoms with Crippen LogP contribution in [0, 0.1) is 23.6 Å². The van der Waals surface area contributed by atoms with Gasteiger partial charge in [0.05, 0.1) is 5.56 Å². The number of unbranched alkanes of at least 4 members (excludes halogenated alkanes) is 4. The Morgan fingerprint density at radius 2 is 1.44 bits per heavy atom. The first-order valence-corrected chi connectivity index (χ1v) is 13.3. The largest absolute Gasteiger partial charge is 0.419 e. The van der Waals surface area contributed by atoms with Gasteiger partial charge in [0.25, 0.3) is 0 Å². The smallest absolute Gasteiger partial charge is 0.206 e. The molecule has 0 nitrogen and oxygen atoms in total. The van der Waals surface area contributed by atoms with E-state index in [1.165, 1.54) is 88.7 Å². The maximum absolute atomic E-state index is 14.0. The summed E-state index contributed by atoms with van der Waals surface area (Å²) in [6.07, 6.45) is 11.6. The maximum Gasteiger partial charge on any atom is 0.419 e. The van der Waals surface area contributed by atoms with E-state index in [-0.39, 0.29) is 0 Å². The summed E-state index contributed by atoms with van der Waals surface area (Å²) in [5, 5.41) is 0. The molecule has 4 atom stereocenters. The highest BCUT2D eigenvalue weighted by molar-refractivity contribution is 5.64. The Hall–Kier alpha value is -1.84. The van der Waals surface area contributed by atoms with Crippen molar-refractivity contribution in [1.29, 1.82) is 0 Å². The van der Waals surface area contributed by atoms with E-state index in [1.807, 2.05) is 12.1 Å². The third kappa shape index (κ3) is 6.23. The van der Waals surface area contributed by atoms with E-state index >= 15 is 0 Å². The summed E-state index contributed by atoms with van der Waals surface area (Å²) in [6, 6.07) is 11.2. The van der Waals surface area contributed by atoms with Gasteiger partial charge in [-0.3, -0.25) is 0 Å². The zero-order valence-electron chi connectivity index (χ0n) is 20.3. The van der Waals surface area contributed by atoms with Crippen molar-refractivity contribution in [3.8, 4) is 11.1 Å². The maximum atomic E-state index is 14.0. The number of fused-ring (bicyclic) bond motifs is 1. The molecule has 2 saturated carbocycles. The van der Waals surface area contributed by atoms with Crippen LogP contribution in [0.2, 0.25) is 0 Å². The van der Waals surface area contributed by atoms with Crippen molar-refractivity contribution in [2.24, 2.45) is 17.8 Å². The molecule has 0 aromatic heterocycles. The van der Waals surface area contributed by atoms with Gasteiger partial charge in [-0.2, -0.15) is 13.2 Å². The Bertz CT molecular complexity index is 914. The molecule has 2 aliphatic carbocycles. The predicted molar refractivity (Wildman–Crippen MR) is 131 cm³/mol. The van der Waals surface area contributed by atoms with Crippen molar-refractivity contribution in [3.63, 3.8) is 0 Å². The van der Waals surface area contributed by atoms with Crippen LogP contribution in [0.25, 0.3) is 11.1 Å². The van der Waals surface area contributed by atoms with Crippen molar-refractivity contribution in [2.45, 2.75) is 96.1 Å². The molecule has 2 aromatic carbocycles. The summed E-state index contributed by atoms with van der Waals surface area (Å²) in [7, 11) is 0. The minimum Gasteiger partial charge on any atom is -0.206 e. The molecular formula is C30H38F4. The summed E-state index contributed by atoms with van der Waals surface area (Å²) in [5.41, 5.74) is 1.33. The van der Waals surface area contributed by atoms with E-state index in [1.54, 1.807) is 0 Å². The monoisotopic (exact) mass is 474 g/mol. The molecule has 0 heterocycles. The normalized spacial score (nSPS) is 25.2. The first kappa shape index (κ1) is 25.3. The van der Waals surface area contributed by atoms with Gasteiger partial charge in [-0.25, -0.2) is 4.39 Å². The number of hydrogen-bond acceptors (Lipinski definition) is 0. The number of rotatable bonds is 8. The van der Waals surface area contributed by atoms with Crippen LogP contribution in [0.15, 0.2) is 42.5 Å². The molecule has 0 saturated heterocycles. The molecule has 0 bridgehead atoms. The second-order valence-electron chi connectivity index (χ2n) is 10.7. The van der Waals surface area contributed by atoms with Gasteiger partial charge in [0.1, 0.15) is 5.82 Å². The van der Waals surface area contributed by atoms with Crippen LogP contribution in [-0.4, -0.2) is 0 Å². The van der Waals surface area contributed by atoms with E-state index in [2.05, 4.69) is 19.1 Å². The minimum atomic E-state index is -4.67. The molecular weight excluding hydrogens is 436 g/mol. The highest BCUT2D eigenvalue weighted by Gasteiger charge is 2.36. The number of alkyl halides is 3. The van der Waals surface area contributed by atoms with E-state index in [0.29, 0.717) is 11.5 Å². The fraction of sp³-hybridized carbons (Fsp3) is 0.600. The van der Waals surface area contributed by atoms with Crippen molar-refractivity contribution < 1.29 is 17.6 Å². The molecule has 0 N–H and O–H groups in total. The van der Waals surface area contributed by atoms with Crippen LogP contribution < -0.4 is 0 Å². The third-order valence-electron chi connectivity index (χ3n) is 8.43. The lowest BCUT2D eigenvalue weighted by Crippen LogP contribution is -2.30. The Morgan fingerprint density at radius 3 is 2.15 bits per heavy atom. The highest BCUT2D eigenvalue weighted by atomic mass is 19.4. The molecule has 186 valence electrons. The lowest BCUT2D eigenvalue weighted by atomic mass is 9.63. The van der Waals surface area contributed by atoms with E-state index in [4.69, 9.17) is 0 Å². The molecule has 2 fully saturated rings. The lowest BCUT2D eigenvalue weighted by molar-refractivity contribution is -0.139. The van der Waals surface area contributed by atoms with Crippen molar-refractivity contribution >= 4 is 0 Å². The van der Waals surface area contributed by atoms with Crippen molar-refractivity contribution in [1.82, 2.24) is 0 Å². The average Bonchev–Trinajstić information content (AvgIpc) is 2.83. The fourth-order valence-electron chi connectivity index (χ4n) is 6.46. The molecule has 34 heavy (non-hydrogen) atoms. The van der Waals surface area contributed by atoms with Crippen LogP contribution in [0.1, 0.15) is 101 Å². The van der Waals surface area contributed by atoms with Gasteiger partial charge < -0.3 is 0 Å². The Balaban J connectivity index is 1.31. The van der Waals surface area contributed by atoms with Gasteiger partial charge in [-0.1, -0.05) is 82.2 Å². The lowest BCUT2D eigenvalue weighted by Gasteiger charge is -2.42. The molecule has 4 unspecified atom stereocenters. The van der Waals surface area contributed by atoms with Crippen LogP contribution in [0.3, 0.4) is 0 Å². The van der Waals surface area contributed by atoms with Crippen LogP contribution in [0.5, 0.6) is 0 Å². The quantitative estimate of drug-likeness (QED) is 0.264. The second-order valence-corrected chi connectivity index (χ2v) is 10.7. The highest BCUT2D eigenvalue weighted by Crippen LogP contribution is 2.48. The topological polar surface area (TPSA) is 0 Å². The summed E-state index contributed by atoms with van der Waals surface area (Å²) in [5.74, 6) is 2.00. The van der Waals surface area contributed by atoms with Gasteiger partial charge in [0.15, 0.2) is 0 Å². The van der Waals surface area contributed by atoms with E-state index < -0.39 is 17.6 Å². The fourth-order valence-corrected chi connectivity index (χ4v) is 6.46. The van der Waals surface area contributed by atoms with E-state index in [0.717, 1.165) is 35.4 Å². The van der Waals surface area contributed by atoms with Crippen LogP contribution >= 0.6 is 0 Å². The zero-order valence-corrected chi connectivity index (χ0v) is 20.3. The van der Waals surface area contributed by atoms with Crippen molar-refractivity contribution in [2.75, 3.05) is 0 Å². The molecule has 0 amide bonds. The zero-order chi connectivity index (χ0) is 24.1. The first-order valence-electron chi connectivity index (χ1n) is 13.3. The van der Waals surface area contributed by atoms with Gasteiger partial charge in [-0.15, -0.1) is 0 Å². The summed E-state index contributed by atoms with van der Waals surface area (Å²) in [6.45, 7) is 2.27. The molecule has 4 heteroatoms. The minimum absolute atomic E-state index is 0.480. The van der Waals surface area contributed by atoms with Gasteiger partial charge in [0.2, 0.25) is 0 Å². The standard InChI is InChI=1S/C30H38F4/c1-2-3-4-5-6-7-21-8-9-26-19-25(15-14-24(26)18-21)22-10-12-23(13-11-22)27-16-17-28(29(31)20-27)30(32,33)34/h10-13,16-17,20-21,24-26H,2-9,14-15,18-19H2,1H3. The van der Waals surface area contributed by atoms with Gasteiger partial charge in [0, 0.05) is 0 Å². The SMILES string of the molecule is CCCCCCCC1CCC2CC(c3ccc(-c4ccc(C(F)(F)F)c(F)c4)cc3)CCC2C1. The Kier molecular flexibility index (Phi) is 8.37. The number of hydrogen-bond donors (Lipinski definition) is 0. The van der Waals surface area contributed by atoms with E-state index in [9.17, 15) is 17.6 Å². The summed E-state index contributed by atoms with van der Waals surface area (Å²) in [4.78, 5) is 0. The van der Waals surface area contributed by atoms with Crippen LogP contribution in [-0.2, 0) is 6.18 Å². The molecule has 4 rings (SSSR count). The molecule has 0 aliphatic heterocycles. The molecule has 0 radical (unpaired) electrons. The first-order chi connectivity index (χ1) is 16.3.